The normalized spacial score (nSPS) is 40.3. The molecule has 21 heavy (non-hydrogen) atoms. The van der Waals surface area contributed by atoms with Crippen LogP contribution in [-0.4, -0.2) is 46.9 Å². The average molecular weight is 293 g/mol. The molecule has 2 aliphatic rings. The fourth-order valence-electron chi connectivity index (χ4n) is 2.87. The van der Waals surface area contributed by atoms with Gasteiger partial charge in [0.1, 0.15) is 23.5 Å². The third kappa shape index (κ3) is 2.83. The van der Waals surface area contributed by atoms with Crippen molar-refractivity contribution in [3.05, 3.63) is 12.2 Å². The van der Waals surface area contributed by atoms with Crippen LogP contribution in [0.4, 0.5) is 0 Å². The van der Waals surface area contributed by atoms with Crippen molar-refractivity contribution in [2.24, 2.45) is 22.1 Å². The molecule has 0 spiro atoms. The first-order chi connectivity index (χ1) is 9.92. The van der Waals surface area contributed by atoms with Gasteiger partial charge in [-0.05, 0) is 19.4 Å². The highest BCUT2D eigenvalue weighted by Gasteiger charge is 2.55. The highest BCUT2D eigenvalue weighted by atomic mass is 16.5. The average Bonchev–Trinajstić information content (AvgIpc) is 2.70. The SMILES string of the molecule is CC1(C#N)C(O)C(CO)OC1C1C=CC(N)=NC(=O)CC1. The highest BCUT2D eigenvalue weighted by Crippen LogP contribution is 2.43. The number of amidine groups is 1. The number of rotatable bonds is 2. The summed E-state index contributed by atoms with van der Waals surface area (Å²) in [6.07, 6.45) is 1.39. The second kappa shape index (κ2) is 5.93. The lowest BCUT2D eigenvalue weighted by Crippen LogP contribution is -2.41. The van der Waals surface area contributed by atoms with E-state index in [2.05, 4.69) is 11.1 Å². The van der Waals surface area contributed by atoms with Crippen molar-refractivity contribution >= 4 is 11.7 Å². The van der Waals surface area contributed by atoms with Gasteiger partial charge in [-0.2, -0.15) is 10.3 Å². The fourth-order valence-corrected chi connectivity index (χ4v) is 2.87. The van der Waals surface area contributed by atoms with Gasteiger partial charge in [-0.15, -0.1) is 0 Å². The molecule has 0 aliphatic carbocycles. The van der Waals surface area contributed by atoms with Crippen molar-refractivity contribution in [2.45, 2.75) is 38.1 Å². The van der Waals surface area contributed by atoms with Gasteiger partial charge in [0.05, 0.1) is 18.8 Å². The van der Waals surface area contributed by atoms with Gasteiger partial charge in [0.15, 0.2) is 0 Å². The molecule has 0 saturated carbocycles. The van der Waals surface area contributed by atoms with Crippen LogP contribution in [0.3, 0.4) is 0 Å². The Morgan fingerprint density at radius 1 is 1.67 bits per heavy atom. The summed E-state index contributed by atoms with van der Waals surface area (Å²) in [5, 5.41) is 28.9. The van der Waals surface area contributed by atoms with Crippen LogP contribution in [0.5, 0.6) is 0 Å². The smallest absolute Gasteiger partial charge is 0.247 e. The van der Waals surface area contributed by atoms with Crippen molar-refractivity contribution in [3.8, 4) is 6.07 Å². The molecule has 1 amide bonds. The van der Waals surface area contributed by atoms with Gasteiger partial charge in [0, 0.05) is 12.3 Å². The van der Waals surface area contributed by atoms with Gasteiger partial charge >= 0.3 is 0 Å². The molecule has 7 heteroatoms. The summed E-state index contributed by atoms with van der Waals surface area (Å²) in [6, 6.07) is 2.09. The molecular weight excluding hydrogens is 274 g/mol. The quantitative estimate of drug-likeness (QED) is 0.628. The maximum atomic E-state index is 11.5. The summed E-state index contributed by atoms with van der Waals surface area (Å²) >= 11 is 0. The maximum Gasteiger partial charge on any atom is 0.247 e. The number of hydrogen-bond donors (Lipinski definition) is 3. The Morgan fingerprint density at radius 3 is 3.00 bits per heavy atom. The third-order valence-electron chi connectivity index (χ3n) is 4.15. The summed E-state index contributed by atoms with van der Waals surface area (Å²) in [5.41, 5.74) is 4.43. The zero-order valence-corrected chi connectivity index (χ0v) is 11.8. The first kappa shape index (κ1) is 15.6. The minimum Gasteiger partial charge on any atom is -0.394 e. The van der Waals surface area contributed by atoms with E-state index in [0.717, 1.165) is 0 Å². The molecule has 7 nitrogen and oxygen atoms in total. The molecule has 0 radical (unpaired) electrons. The number of ether oxygens (including phenoxy) is 1. The van der Waals surface area contributed by atoms with E-state index in [1.165, 1.54) is 6.08 Å². The minimum atomic E-state index is -1.16. The van der Waals surface area contributed by atoms with Crippen molar-refractivity contribution in [1.82, 2.24) is 0 Å². The first-order valence-corrected chi connectivity index (χ1v) is 6.83. The Bertz CT molecular complexity index is 525. The Morgan fingerprint density at radius 2 is 2.38 bits per heavy atom. The molecule has 0 aromatic heterocycles. The standard InChI is InChI=1S/C14H19N3O4/c1-14(7-15)12(20)9(6-18)21-13(14)8-2-4-10(16)17-11(19)5-3-8/h2,4,8-9,12-13,18,20H,3,5-6H2,1H3,(H2,16,17,19). The lowest BCUT2D eigenvalue weighted by atomic mass is 9.74. The van der Waals surface area contributed by atoms with Crippen LogP contribution in [0.15, 0.2) is 17.1 Å². The molecule has 2 rings (SSSR count). The van der Waals surface area contributed by atoms with E-state index in [1.807, 2.05) is 0 Å². The third-order valence-corrected chi connectivity index (χ3v) is 4.15. The highest BCUT2D eigenvalue weighted by molar-refractivity contribution is 6.00. The van der Waals surface area contributed by atoms with Gasteiger partial charge < -0.3 is 20.7 Å². The van der Waals surface area contributed by atoms with E-state index < -0.39 is 23.7 Å². The Labute approximate surface area is 122 Å². The predicted octanol–water partition coefficient (Wildman–Crippen LogP) is -0.513. The Kier molecular flexibility index (Phi) is 4.42. The van der Waals surface area contributed by atoms with Crippen molar-refractivity contribution in [1.29, 1.82) is 5.26 Å². The summed E-state index contributed by atoms with van der Waals surface area (Å²) in [7, 11) is 0. The maximum absolute atomic E-state index is 11.5. The van der Waals surface area contributed by atoms with E-state index >= 15 is 0 Å². The molecule has 114 valence electrons. The van der Waals surface area contributed by atoms with Crippen LogP contribution in [-0.2, 0) is 9.53 Å². The monoisotopic (exact) mass is 293 g/mol. The Balaban J connectivity index is 2.30. The molecular formula is C14H19N3O4. The summed E-state index contributed by atoms with van der Waals surface area (Å²) < 4.78 is 5.67. The van der Waals surface area contributed by atoms with Crippen molar-refractivity contribution in [3.63, 3.8) is 0 Å². The molecule has 5 unspecified atom stereocenters. The van der Waals surface area contributed by atoms with Gasteiger partial charge in [0.25, 0.3) is 0 Å². The number of aliphatic hydroxyl groups is 2. The summed E-state index contributed by atoms with van der Waals surface area (Å²) in [4.78, 5) is 15.2. The number of nitriles is 1. The summed E-state index contributed by atoms with van der Waals surface area (Å²) in [6.45, 7) is 1.23. The lowest BCUT2D eigenvalue weighted by molar-refractivity contribution is -0.118. The molecule has 1 saturated heterocycles. The molecule has 2 heterocycles. The van der Waals surface area contributed by atoms with Crippen LogP contribution < -0.4 is 5.73 Å². The molecule has 0 bridgehead atoms. The predicted molar refractivity (Wildman–Crippen MR) is 74.0 cm³/mol. The van der Waals surface area contributed by atoms with E-state index in [4.69, 9.17) is 10.5 Å². The van der Waals surface area contributed by atoms with Crippen LogP contribution >= 0.6 is 0 Å². The van der Waals surface area contributed by atoms with Crippen LogP contribution in [0.2, 0.25) is 0 Å². The number of aliphatic hydroxyl groups excluding tert-OH is 2. The molecule has 4 N–H and O–H groups in total. The first-order valence-electron chi connectivity index (χ1n) is 6.83. The molecule has 0 aromatic rings. The molecule has 2 aliphatic heterocycles. The molecule has 5 atom stereocenters. The van der Waals surface area contributed by atoms with Crippen LogP contribution in [0.1, 0.15) is 19.8 Å². The number of carbonyl (C=O) groups excluding carboxylic acids is 1. The number of hydrogen-bond acceptors (Lipinski definition) is 6. The van der Waals surface area contributed by atoms with Gasteiger partial charge in [0.2, 0.25) is 5.91 Å². The number of carbonyl (C=O) groups is 1. The van der Waals surface area contributed by atoms with Crippen LogP contribution in [0, 0.1) is 22.7 Å². The van der Waals surface area contributed by atoms with E-state index in [0.29, 0.717) is 6.42 Å². The van der Waals surface area contributed by atoms with Crippen molar-refractivity contribution in [2.75, 3.05) is 6.61 Å². The largest absolute Gasteiger partial charge is 0.394 e. The summed E-state index contributed by atoms with van der Waals surface area (Å²) in [5.74, 6) is -0.475. The molecule has 0 aromatic carbocycles. The topological polar surface area (TPSA) is 129 Å². The van der Waals surface area contributed by atoms with Gasteiger partial charge in [-0.25, -0.2) is 0 Å². The fraction of sp³-hybridized carbons (Fsp3) is 0.643. The zero-order chi connectivity index (χ0) is 15.6. The van der Waals surface area contributed by atoms with E-state index in [1.54, 1.807) is 13.0 Å². The Hall–Kier alpha value is -1.75. The zero-order valence-electron chi connectivity index (χ0n) is 11.8. The second-order valence-corrected chi connectivity index (χ2v) is 5.61. The number of nitrogens with zero attached hydrogens (tertiary/aromatic N) is 2. The molecule has 1 fully saturated rings. The van der Waals surface area contributed by atoms with E-state index in [-0.39, 0.29) is 30.7 Å². The van der Waals surface area contributed by atoms with Crippen LogP contribution in [0.25, 0.3) is 0 Å². The van der Waals surface area contributed by atoms with Crippen molar-refractivity contribution < 1.29 is 19.7 Å². The second-order valence-electron chi connectivity index (χ2n) is 5.61. The van der Waals surface area contributed by atoms with E-state index in [9.17, 15) is 20.3 Å². The minimum absolute atomic E-state index is 0.112. The lowest BCUT2D eigenvalue weighted by Gasteiger charge is -2.30. The number of nitrogens with two attached hydrogens (primary N) is 1. The van der Waals surface area contributed by atoms with Gasteiger partial charge in [-0.1, -0.05) is 6.08 Å². The van der Waals surface area contributed by atoms with Gasteiger partial charge in [-0.3, -0.25) is 4.79 Å². The number of amides is 1. The number of aliphatic imine (C=N–C) groups is 1.